The van der Waals surface area contributed by atoms with Crippen LogP contribution in [0.15, 0.2) is 30.5 Å². The number of fused-ring (bicyclic) bond motifs is 1. The number of aromatic hydroxyl groups is 1. The van der Waals surface area contributed by atoms with Gasteiger partial charge in [-0.2, -0.15) is 0 Å². The summed E-state index contributed by atoms with van der Waals surface area (Å²) in [7, 11) is 1.67. The summed E-state index contributed by atoms with van der Waals surface area (Å²) in [4.78, 5) is 4.29. The molecule has 17 heavy (non-hydrogen) atoms. The van der Waals surface area contributed by atoms with Gasteiger partial charge in [0, 0.05) is 24.7 Å². The van der Waals surface area contributed by atoms with Crippen molar-refractivity contribution in [1.29, 1.82) is 0 Å². The zero-order valence-corrected chi connectivity index (χ0v) is 9.97. The van der Waals surface area contributed by atoms with E-state index in [1.54, 1.807) is 25.4 Å². The van der Waals surface area contributed by atoms with Crippen molar-refractivity contribution in [2.24, 2.45) is 0 Å². The number of hydrogen-bond acceptors (Lipinski definition) is 4. The Hall–Kier alpha value is -1.81. The van der Waals surface area contributed by atoms with Crippen LogP contribution in [0.1, 0.15) is 6.92 Å². The second-order valence-electron chi connectivity index (χ2n) is 4.07. The highest BCUT2D eigenvalue weighted by Gasteiger charge is 2.06. The summed E-state index contributed by atoms with van der Waals surface area (Å²) in [5.74, 6) is 1.01. The zero-order chi connectivity index (χ0) is 12.3. The first-order valence-electron chi connectivity index (χ1n) is 5.54. The maximum Gasteiger partial charge on any atom is 0.134 e. The topological polar surface area (TPSA) is 54.4 Å². The van der Waals surface area contributed by atoms with E-state index in [9.17, 15) is 5.11 Å². The molecular weight excluding hydrogens is 216 g/mol. The van der Waals surface area contributed by atoms with Crippen LogP contribution in [0.5, 0.6) is 5.75 Å². The smallest absolute Gasteiger partial charge is 0.134 e. The molecule has 90 valence electrons. The summed E-state index contributed by atoms with van der Waals surface area (Å²) in [6, 6.07) is 7.34. The minimum absolute atomic E-state index is 0.167. The minimum atomic E-state index is 0.167. The number of aromatic nitrogens is 1. The Morgan fingerprint density at radius 2 is 2.24 bits per heavy atom. The second-order valence-corrected chi connectivity index (χ2v) is 4.07. The van der Waals surface area contributed by atoms with Gasteiger partial charge in [0.2, 0.25) is 0 Å². The third-order valence-corrected chi connectivity index (χ3v) is 2.55. The third-order valence-electron chi connectivity index (χ3n) is 2.55. The number of rotatable bonds is 4. The highest BCUT2D eigenvalue weighted by Crippen LogP contribution is 2.25. The number of ether oxygens (including phenoxy) is 1. The Kier molecular flexibility index (Phi) is 3.44. The van der Waals surface area contributed by atoms with Gasteiger partial charge >= 0.3 is 0 Å². The molecule has 0 saturated carbocycles. The van der Waals surface area contributed by atoms with Crippen LogP contribution in [0.3, 0.4) is 0 Å². The van der Waals surface area contributed by atoms with Gasteiger partial charge in [-0.3, -0.25) is 0 Å². The number of methoxy groups -OCH3 is 1. The van der Waals surface area contributed by atoms with Crippen LogP contribution in [0.2, 0.25) is 0 Å². The van der Waals surface area contributed by atoms with Crippen molar-refractivity contribution < 1.29 is 9.84 Å². The monoisotopic (exact) mass is 232 g/mol. The van der Waals surface area contributed by atoms with Gasteiger partial charge in [0.25, 0.3) is 0 Å². The van der Waals surface area contributed by atoms with Crippen LogP contribution in [0.4, 0.5) is 5.82 Å². The van der Waals surface area contributed by atoms with Crippen LogP contribution in [-0.4, -0.2) is 29.8 Å². The molecule has 1 heterocycles. The standard InChI is InChI=1S/C13H16N2O2/c1-9(8-17-2)15-13-12-7-11(16)4-3-10(12)5-6-14-13/h3-7,9,16H,8H2,1-2H3,(H,14,15). The number of pyridine rings is 1. The van der Waals surface area contributed by atoms with Crippen LogP contribution in [-0.2, 0) is 4.74 Å². The molecular formula is C13H16N2O2. The molecule has 0 bridgehead atoms. The van der Waals surface area contributed by atoms with Crippen molar-refractivity contribution in [2.75, 3.05) is 19.0 Å². The van der Waals surface area contributed by atoms with Gasteiger partial charge in [0.1, 0.15) is 11.6 Å². The predicted molar refractivity (Wildman–Crippen MR) is 68.4 cm³/mol. The number of phenols is 1. The Labute approximate surface area is 100 Å². The van der Waals surface area contributed by atoms with Crippen LogP contribution >= 0.6 is 0 Å². The molecule has 0 aliphatic rings. The molecule has 1 unspecified atom stereocenters. The molecule has 2 N–H and O–H groups in total. The van der Waals surface area contributed by atoms with Gasteiger partial charge in [0.05, 0.1) is 6.61 Å². The maximum atomic E-state index is 9.51. The van der Waals surface area contributed by atoms with Crippen molar-refractivity contribution in [3.05, 3.63) is 30.5 Å². The molecule has 4 heteroatoms. The Morgan fingerprint density at radius 1 is 1.41 bits per heavy atom. The molecule has 1 atom stereocenters. The molecule has 2 aromatic rings. The molecule has 0 fully saturated rings. The quantitative estimate of drug-likeness (QED) is 0.849. The van der Waals surface area contributed by atoms with E-state index in [0.717, 1.165) is 16.6 Å². The SMILES string of the molecule is COCC(C)Nc1nccc2ccc(O)cc12. The number of benzene rings is 1. The lowest BCUT2D eigenvalue weighted by Gasteiger charge is -2.15. The number of nitrogens with one attached hydrogen (secondary N) is 1. The summed E-state index contributed by atoms with van der Waals surface area (Å²) >= 11 is 0. The van der Waals surface area contributed by atoms with Crippen LogP contribution in [0.25, 0.3) is 10.8 Å². The minimum Gasteiger partial charge on any atom is -0.508 e. The van der Waals surface area contributed by atoms with Crippen molar-refractivity contribution >= 4 is 16.6 Å². The molecule has 0 aliphatic carbocycles. The fraction of sp³-hybridized carbons (Fsp3) is 0.308. The first-order chi connectivity index (χ1) is 8.20. The van der Waals surface area contributed by atoms with E-state index in [1.807, 2.05) is 19.1 Å². The lowest BCUT2D eigenvalue weighted by Crippen LogP contribution is -2.21. The average Bonchev–Trinajstić information content (AvgIpc) is 2.30. The first kappa shape index (κ1) is 11.7. The van der Waals surface area contributed by atoms with Gasteiger partial charge in [0.15, 0.2) is 0 Å². The number of anilines is 1. The summed E-state index contributed by atoms with van der Waals surface area (Å²) in [6.07, 6.45) is 1.75. The zero-order valence-electron chi connectivity index (χ0n) is 9.97. The average molecular weight is 232 g/mol. The van der Waals surface area contributed by atoms with Crippen LogP contribution < -0.4 is 5.32 Å². The fourth-order valence-corrected chi connectivity index (χ4v) is 1.80. The highest BCUT2D eigenvalue weighted by molar-refractivity contribution is 5.92. The van der Waals surface area contributed by atoms with E-state index >= 15 is 0 Å². The van der Waals surface area contributed by atoms with E-state index in [0.29, 0.717) is 6.61 Å². The van der Waals surface area contributed by atoms with Crippen molar-refractivity contribution in [3.8, 4) is 5.75 Å². The maximum absolute atomic E-state index is 9.51. The molecule has 1 aromatic carbocycles. The molecule has 0 amide bonds. The lowest BCUT2D eigenvalue weighted by atomic mass is 10.1. The van der Waals surface area contributed by atoms with Crippen molar-refractivity contribution in [1.82, 2.24) is 4.98 Å². The molecule has 0 aliphatic heterocycles. The number of hydrogen-bond donors (Lipinski definition) is 2. The van der Waals surface area contributed by atoms with Gasteiger partial charge in [-0.15, -0.1) is 0 Å². The normalized spacial score (nSPS) is 12.6. The molecule has 0 radical (unpaired) electrons. The Bertz CT molecular complexity index is 514. The van der Waals surface area contributed by atoms with E-state index in [1.165, 1.54) is 0 Å². The first-order valence-corrected chi connectivity index (χ1v) is 5.54. The fourth-order valence-electron chi connectivity index (χ4n) is 1.80. The Balaban J connectivity index is 2.36. The van der Waals surface area contributed by atoms with Gasteiger partial charge in [-0.1, -0.05) is 6.07 Å². The molecule has 2 rings (SSSR count). The summed E-state index contributed by atoms with van der Waals surface area (Å²) < 4.78 is 5.07. The summed E-state index contributed by atoms with van der Waals surface area (Å²) in [6.45, 7) is 2.63. The second kappa shape index (κ2) is 5.01. The highest BCUT2D eigenvalue weighted by atomic mass is 16.5. The lowest BCUT2D eigenvalue weighted by molar-refractivity contribution is 0.190. The van der Waals surface area contributed by atoms with E-state index in [-0.39, 0.29) is 11.8 Å². The largest absolute Gasteiger partial charge is 0.508 e. The molecule has 1 aromatic heterocycles. The predicted octanol–water partition coefficient (Wildman–Crippen LogP) is 2.39. The molecule has 0 saturated heterocycles. The summed E-state index contributed by atoms with van der Waals surface area (Å²) in [5.41, 5.74) is 0. The molecule has 0 spiro atoms. The van der Waals surface area contributed by atoms with Gasteiger partial charge in [-0.25, -0.2) is 4.98 Å². The summed E-state index contributed by atoms with van der Waals surface area (Å²) in [5, 5.41) is 14.7. The van der Waals surface area contributed by atoms with Crippen molar-refractivity contribution in [2.45, 2.75) is 13.0 Å². The number of phenolic OH excluding ortho intramolecular Hbond substituents is 1. The molecule has 4 nitrogen and oxygen atoms in total. The Morgan fingerprint density at radius 3 is 3.00 bits per heavy atom. The van der Waals surface area contributed by atoms with Gasteiger partial charge < -0.3 is 15.2 Å². The van der Waals surface area contributed by atoms with E-state index in [4.69, 9.17) is 4.74 Å². The van der Waals surface area contributed by atoms with E-state index < -0.39 is 0 Å². The van der Waals surface area contributed by atoms with Crippen LogP contribution in [0, 0.1) is 0 Å². The van der Waals surface area contributed by atoms with Crippen molar-refractivity contribution in [3.63, 3.8) is 0 Å². The van der Waals surface area contributed by atoms with E-state index in [2.05, 4.69) is 10.3 Å². The van der Waals surface area contributed by atoms with Gasteiger partial charge in [-0.05, 0) is 30.5 Å². The third kappa shape index (κ3) is 2.65. The number of nitrogens with zero attached hydrogens (tertiary/aromatic N) is 1.